The van der Waals surface area contributed by atoms with Crippen molar-refractivity contribution in [3.05, 3.63) is 35.6 Å². The highest BCUT2D eigenvalue weighted by atomic mass is 16.3. The van der Waals surface area contributed by atoms with Crippen LogP contribution in [0.15, 0.2) is 28.7 Å². The fourth-order valence-electron chi connectivity index (χ4n) is 3.27. The van der Waals surface area contributed by atoms with Crippen molar-refractivity contribution in [2.45, 2.75) is 39.8 Å². The zero-order valence-electron chi connectivity index (χ0n) is 15.5. The van der Waals surface area contributed by atoms with Gasteiger partial charge in [0.15, 0.2) is 0 Å². The molecule has 0 N–H and O–H groups in total. The van der Waals surface area contributed by atoms with Crippen LogP contribution >= 0.6 is 0 Å². The number of imide groups is 2. The molecule has 2 aromatic rings. The van der Waals surface area contributed by atoms with Gasteiger partial charge in [-0.25, -0.2) is 9.69 Å². The van der Waals surface area contributed by atoms with Gasteiger partial charge in [0.2, 0.25) is 0 Å². The number of fused-ring (bicyclic) bond motifs is 1. The molecule has 7 nitrogen and oxygen atoms in total. The predicted octanol–water partition coefficient (Wildman–Crippen LogP) is 2.58. The van der Waals surface area contributed by atoms with Gasteiger partial charge in [0, 0.05) is 30.0 Å². The summed E-state index contributed by atoms with van der Waals surface area (Å²) in [5.74, 6) is -0.651. The summed E-state index contributed by atoms with van der Waals surface area (Å²) in [7, 11) is 1.81. The summed E-state index contributed by atoms with van der Waals surface area (Å²) in [4.78, 5) is 40.4. The van der Waals surface area contributed by atoms with Gasteiger partial charge in [-0.05, 0) is 27.0 Å². The fourth-order valence-corrected chi connectivity index (χ4v) is 3.27. The maximum atomic E-state index is 12.4. The van der Waals surface area contributed by atoms with Crippen molar-refractivity contribution >= 4 is 28.8 Å². The zero-order valence-corrected chi connectivity index (χ0v) is 15.5. The van der Waals surface area contributed by atoms with Crippen LogP contribution in [0.4, 0.5) is 4.79 Å². The number of rotatable bonds is 6. The summed E-state index contributed by atoms with van der Waals surface area (Å²) in [6, 6.07) is 6.88. The van der Waals surface area contributed by atoms with E-state index in [-0.39, 0.29) is 12.7 Å². The Balaban J connectivity index is 1.80. The number of para-hydroxylation sites is 1. The number of carbonyl (C=O) groups is 3. The SMILES string of the molecule is CCc1oc2ccccc2c1CN(C)CN1C(=O)C(=O)N(C(C)C)C1=O. The van der Waals surface area contributed by atoms with Gasteiger partial charge >= 0.3 is 17.8 Å². The molecule has 7 heteroatoms. The van der Waals surface area contributed by atoms with Crippen molar-refractivity contribution < 1.29 is 18.8 Å². The van der Waals surface area contributed by atoms with E-state index in [0.29, 0.717) is 6.54 Å². The number of hydrogen-bond acceptors (Lipinski definition) is 5. The smallest absolute Gasteiger partial charge is 0.335 e. The summed E-state index contributed by atoms with van der Waals surface area (Å²) in [6.45, 7) is 6.00. The van der Waals surface area contributed by atoms with Crippen LogP contribution in [0.2, 0.25) is 0 Å². The van der Waals surface area contributed by atoms with Crippen LogP contribution in [-0.2, 0) is 22.6 Å². The van der Waals surface area contributed by atoms with Gasteiger partial charge in [-0.3, -0.25) is 19.4 Å². The Labute approximate surface area is 152 Å². The van der Waals surface area contributed by atoms with E-state index < -0.39 is 17.8 Å². The Morgan fingerprint density at radius 3 is 2.42 bits per heavy atom. The normalized spacial score (nSPS) is 15.4. The fraction of sp³-hybridized carbons (Fsp3) is 0.421. The van der Waals surface area contributed by atoms with E-state index >= 15 is 0 Å². The third-order valence-corrected chi connectivity index (χ3v) is 4.51. The highest BCUT2D eigenvalue weighted by Gasteiger charge is 2.45. The maximum absolute atomic E-state index is 12.4. The maximum Gasteiger partial charge on any atom is 0.335 e. The van der Waals surface area contributed by atoms with Gasteiger partial charge < -0.3 is 4.42 Å². The minimum absolute atomic E-state index is 0.0509. The monoisotopic (exact) mass is 357 g/mol. The van der Waals surface area contributed by atoms with Gasteiger partial charge in [-0.1, -0.05) is 25.1 Å². The molecule has 1 aliphatic heterocycles. The van der Waals surface area contributed by atoms with Crippen LogP contribution in [0.1, 0.15) is 32.1 Å². The Kier molecular flexibility index (Phi) is 4.82. The first-order valence-electron chi connectivity index (χ1n) is 8.72. The van der Waals surface area contributed by atoms with E-state index in [0.717, 1.165) is 38.5 Å². The molecule has 0 radical (unpaired) electrons. The largest absolute Gasteiger partial charge is 0.461 e. The quantitative estimate of drug-likeness (QED) is 0.587. The van der Waals surface area contributed by atoms with Crippen LogP contribution < -0.4 is 0 Å². The number of nitrogens with zero attached hydrogens (tertiary/aromatic N) is 3. The van der Waals surface area contributed by atoms with E-state index in [1.807, 2.05) is 43.1 Å². The average Bonchev–Trinajstić information content (AvgIpc) is 3.05. The second kappa shape index (κ2) is 6.92. The molecule has 1 aliphatic rings. The highest BCUT2D eigenvalue weighted by Crippen LogP contribution is 2.27. The first kappa shape index (κ1) is 18.1. The number of aryl methyl sites for hydroxylation is 1. The number of furan rings is 1. The molecule has 1 saturated heterocycles. The van der Waals surface area contributed by atoms with Crippen molar-refractivity contribution in [1.82, 2.24) is 14.7 Å². The summed E-state index contributed by atoms with van der Waals surface area (Å²) in [5.41, 5.74) is 1.86. The van der Waals surface area contributed by atoms with Crippen molar-refractivity contribution in [2.24, 2.45) is 0 Å². The summed E-state index contributed by atoms with van der Waals surface area (Å²) in [5, 5.41) is 1.02. The lowest BCUT2D eigenvalue weighted by Gasteiger charge is -2.23. The van der Waals surface area contributed by atoms with Gasteiger partial charge in [0.1, 0.15) is 11.3 Å². The van der Waals surface area contributed by atoms with E-state index in [4.69, 9.17) is 4.42 Å². The molecule has 1 aromatic carbocycles. The Morgan fingerprint density at radius 2 is 1.81 bits per heavy atom. The number of hydrogen-bond donors (Lipinski definition) is 0. The van der Waals surface area contributed by atoms with Crippen molar-refractivity contribution in [3.8, 4) is 0 Å². The molecule has 0 saturated carbocycles. The van der Waals surface area contributed by atoms with Crippen LogP contribution in [0.5, 0.6) is 0 Å². The number of benzene rings is 1. The molecular weight excluding hydrogens is 334 g/mol. The molecule has 138 valence electrons. The molecule has 0 unspecified atom stereocenters. The predicted molar refractivity (Wildman–Crippen MR) is 96.2 cm³/mol. The molecule has 2 heterocycles. The first-order valence-corrected chi connectivity index (χ1v) is 8.72. The van der Waals surface area contributed by atoms with E-state index in [9.17, 15) is 14.4 Å². The van der Waals surface area contributed by atoms with Gasteiger partial charge in [0.25, 0.3) is 0 Å². The molecule has 1 aromatic heterocycles. The van der Waals surface area contributed by atoms with Gasteiger partial charge in [0.05, 0.1) is 6.67 Å². The van der Waals surface area contributed by atoms with E-state index in [1.54, 1.807) is 13.8 Å². The molecule has 3 rings (SSSR count). The van der Waals surface area contributed by atoms with Crippen LogP contribution in [0, 0.1) is 0 Å². The summed E-state index contributed by atoms with van der Waals surface area (Å²) in [6.07, 6.45) is 0.749. The van der Waals surface area contributed by atoms with Crippen molar-refractivity contribution in [3.63, 3.8) is 0 Å². The highest BCUT2D eigenvalue weighted by molar-refractivity contribution is 6.44. The molecule has 0 spiro atoms. The lowest BCUT2D eigenvalue weighted by Crippen LogP contribution is -2.42. The standard InChI is InChI=1S/C19H23N3O4/c1-5-15-14(13-8-6-7-9-16(13)26-15)10-20(4)11-21-17(23)18(24)22(12(2)3)19(21)25/h6-9,12H,5,10-11H2,1-4H3. The average molecular weight is 357 g/mol. The molecule has 0 aliphatic carbocycles. The zero-order chi connectivity index (χ0) is 19.0. The second-order valence-corrected chi connectivity index (χ2v) is 6.79. The molecule has 1 fully saturated rings. The lowest BCUT2D eigenvalue weighted by molar-refractivity contribution is -0.144. The third-order valence-electron chi connectivity index (χ3n) is 4.51. The van der Waals surface area contributed by atoms with Crippen LogP contribution in [0.25, 0.3) is 11.0 Å². The van der Waals surface area contributed by atoms with Crippen LogP contribution in [-0.4, -0.2) is 52.3 Å². The van der Waals surface area contributed by atoms with E-state index in [1.165, 1.54) is 0 Å². The number of amides is 4. The molecule has 26 heavy (non-hydrogen) atoms. The Bertz CT molecular complexity index is 871. The first-order chi connectivity index (χ1) is 12.3. The number of urea groups is 1. The summed E-state index contributed by atoms with van der Waals surface area (Å²) < 4.78 is 5.89. The second-order valence-electron chi connectivity index (χ2n) is 6.79. The molecule has 0 atom stereocenters. The number of carbonyl (C=O) groups excluding carboxylic acids is 3. The van der Waals surface area contributed by atoms with Crippen LogP contribution in [0.3, 0.4) is 0 Å². The van der Waals surface area contributed by atoms with E-state index in [2.05, 4.69) is 0 Å². The Morgan fingerprint density at radius 1 is 1.12 bits per heavy atom. The van der Waals surface area contributed by atoms with Crippen molar-refractivity contribution in [1.29, 1.82) is 0 Å². The third kappa shape index (κ3) is 2.99. The topological polar surface area (TPSA) is 74.1 Å². The minimum atomic E-state index is -0.775. The summed E-state index contributed by atoms with van der Waals surface area (Å²) >= 11 is 0. The minimum Gasteiger partial charge on any atom is -0.461 e. The Hall–Kier alpha value is -2.67. The van der Waals surface area contributed by atoms with Gasteiger partial charge in [-0.15, -0.1) is 0 Å². The van der Waals surface area contributed by atoms with Gasteiger partial charge in [-0.2, -0.15) is 0 Å². The van der Waals surface area contributed by atoms with Crippen molar-refractivity contribution in [2.75, 3.05) is 13.7 Å². The molecule has 4 amide bonds. The molecule has 0 bridgehead atoms. The lowest BCUT2D eigenvalue weighted by atomic mass is 10.1. The molecular formula is C19H23N3O4.